The first-order valence-corrected chi connectivity index (χ1v) is 9.00. The Morgan fingerprint density at radius 1 is 1.26 bits per heavy atom. The first-order chi connectivity index (χ1) is 12.7. The summed E-state index contributed by atoms with van der Waals surface area (Å²) in [5.41, 5.74) is 0. The summed E-state index contributed by atoms with van der Waals surface area (Å²) in [6.07, 6.45) is 4.63. The highest BCUT2D eigenvalue weighted by Gasteiger charge is 2.20. The van der Waals surface area contributed by atoms with Crippen LogP contribution in [0.3, 0.4) is 0 Å². The van der Waals surface area contributed by atoms with Gasteiger partial charge in [0.05, 0.1) is 18.7 Å². The van der Waals surface area contributed by atoms with E-state index in [1.807, 2.05) is 0 Å². The Bertz CT molecular complexity index is 664. The zero-order chi connectivity index (χ0) is 20.4. The second-order valence-electron chi connectivity index (χ2n) is 5.84. The van der Waals surface area contributed by atoms with Crippen LogP contribution < -0.4 is 9.47 Å². The van der Waals surface area contributed by atoms with Crippen molar-refractivity contribution in [3.8, 4) is 11.5 Å². The molecule has 27 heavy (non-hydrogen) atoms. The first-order valence-electron chi connectivity index (χ1n) is 8.24. The fraction of sp³-hybridized carbons (Fsp3) is 0.444. The van der Waals surface area contributed by atoms with Gasteiger partial charge in [0.2, 0.25) is 0 Å². The predicted octanol–water partition coefficient (Wildman–Crippen LogP) is 3.58. The smallest absolute Gasteiger partial charge is 0.328 e. The molecule has 0 saturated carbocycles. The molecular weight excluding hydrogens is 397 g/mol. The van der Waals surface area contributed by atoms with Crippen molar-refractivity contribution in [1.82, 2.24) is 4.90 Å². The van der Waals surface area contributed by atoms with Crippen LogP contribution in [0.1, 0.15) is 19.3 Å². The molecule has 0 radical (unpaired) electrons. The second-order valence-corrected chi connectivity index (χ2v) is 6.69. The molecule has 9 heteroatoms. The molecule has 1 aromatic carbocycles. The van der Waals surface area contributed by atoms with Gasteiger partial charge in [-0.1, -0.05) is 23.2 Å². The largest absolute Gasteiger partial charge is 0.491 e. The van der Waals surface area contributed by atoms with E-state index in [1.54, 1.807) is 19.2 Å². The van der Waals surface area contributed by atoms with Crippen molar-refractivity contribution < 1.29 is 29.3 Å². The lowest BCUT2D eigenvalue weighted by Gasteiger charge is -2.20. The van der Waals surface area contributed by atoms with Crippen LogP contribution in [-0.2, 0) is 9.59 Å². The van der Waals surface area contributed by atoms with Gasteiger partial charge in [-0.05, 0) is 38.9 Å². The molecule has 2 rings (SSSR count). The average molecular weight is 420 g/mol. The zero-order valence-electron chi connectivity index (χ0n) is 15.2. The highest BCUT2D eigenvalue weighted by Crippen LogP contribution is 2.38. The highest BCUT2D eigenvalue weighted by atomic mass is 35.5. The minimum Gasteiger partial charge on any atom is -0.491 e. The van der Waals surface area contributed by atoms with E-state index in [0.29, 0.717) is 46.3 Å². The average Bonchev–Trinajstić information content (AvgIpc) is 2.98. The van der Waals surface area contributed by atoms with Gasteiger partial charge >= 0.3 is 11.9 Å². The minimum atomic E-state index is -1.26. The number of carboxylic acids is 2. The number of halogens is 2. The van der Waals surface area contributed by atoms with Gasteiger partial charge in [0.25, 0.3) is 0 Å². The van der Waals surface area contributed by atoms with E-state index in [2.05, 4.69) is 11.9 Å². The highest BCUT2D eigenvalue weighted by molar-refractivity contribution is 6.35. The van der Waals surface area contributed by atoms with Crippen LogP contribution in [0, 0.1) is 0 Å². The predicted molar refractivity (Wildman–Crippen MR) is 103 cm³/mol. The number of methoxy groups -OCH3 is 1. The maximum Gasteiger partial charge on any atom is 0.328 e. The Balaban J connectivity index is 0.000000387. The van der Waals surface area contributed by atoms with E-state index in [1.165, 1.54) is 19.4 Å². The molecule has 0 bridgehead atoms. The monoisotopic (exact) mass is 419 g/mol. The van der Waals surface area contributed by atoms with Crippen molar-refractivity contribution in [2.24, 2.45) is 0 Å². The zero-order valence-corrected chi connectivity index (χ0v) is 16.7. The fourth-order valence-electron chi connectivity index (χ4n) is 2.63. The van der Waals surface area contributed by atoms with E-state index < -0.39 is 11.9 Å². The van der Waals surface area contributed by atoms with Crippen LogP contribution in [-0.4, -0.2) is 60.4 Å². The second kappa shape index (κ2) is 11.7. The summed E-state index contributed by atoms with van der Waals surface area (Å²) in [5, 5.41) is 16.7. The van der Waals surface area contributed by atoms with Crippen molar-refractivity contribution in [3.63, 3.8) is 0 Å². The number of benzene rings is 1. The third-order valence-corrected chi connectivity index (χ3v) is 4.43. The van der Waals surface area contributed by atoms with E-state index >= 15 is 0 Å². The number of carboxylic acid groups (broad SMARTS) is 2. The van der Waals surface area contributed by atoms with Crippen LogP contribution in [0.4, 0.5) is 0 Å². The molecule has 1 aliphatic heterocycles. The van der Waals surface area contributed by atoms with Gasteiger partial charge in [-0.15, -0.1) is 0 Å². The standard InChI is InChI=1S/C14H19Cl2NO2.C4H4O4/c1-17-6-3-4-11(17)5-7-19-13-9-10(15)8-12(16)14(13)18-2;5-3(6)1-2-4(7)8/h8-9,11H,3-7H2,1-2H3;1-2H,(H,5,6)(H,7,8). The lowest BCUT2D eigenvalue weighted by Crippen LogP contribution is -2.26. The first kappa shape index (κ1) is 23.1. The number of ether oxygens (including phenoxy) is 2. The maximum atomic E-state index is 9.55. The molecule has 150 valence electrons. The number of nitrogens with zero attached hydrogens (tertiary/aromatic N) is 1. The molecule has 1 saturated heterocycles. The van der Waals surface area contributed by atoms with Crippen LogP contribution in [0.15, 0.2) is 24.3 Å². The Labute approximate surface area is 168 Å². The van der Waals surface area contributed by atoms with Crippen LogP contribution in [0.2, 0.25) is 10.0 Å². The van der Waals surface area contributed by atoms with Gasteiger partial charge in [0.15, 0.2) is 11.5 Å². The lowest BCUT2D eigenvalue weighted by molar-refractivity contribution is -0.134. The summed E-state index contributed by atoms with van der Waals surface area (Å²) in [7, 11) is 3.74. The van der Waals surface area contributed by atoms with E-state index in [0.717, 1.165) is 6.42 Å². The summed E-state index contributed by atoms with van der Waals surface area (Å²) in [4.78, 5) is 21.5. The number of rotatable bonds is 7. The maximum absolute atomic E-state index is 9.55. The van der Waals surface area contributed by atoms with Gasteiger partial charge in [-0.2, -0.15) is 0 Å². The van der Waals surface area contributed by atoms with Crippen molar-refractivity contribution in [2.75, 3.05) is 27.3 Å². The van der Waals surface area contributed by atoms with Crippen molar-refractivity contribution >= 4 is 35.1 Å². The summed E-state index contributed by atoms with van der Waals surface area (Å²) < 4.78 is 11.0. The molecule has 1 aromatic rings. The normalized spacial score (nSPS) is 16.7. The lowest BCUT2D eigenvalue weighted by atomic mass is 10.1. The van der Waals surface area contributed by atoms with Crippen LogP contribution in [0.5, 0.6) is 11.5 Å². The molecule has 0 aliphatic carbocycles. The van der Waals surface area contributed by atoms with Crippen molar-refractivity contribution in [2.45, 2.75) is 25.3 Å². The van der Waals surface area contributed by atoms with Gasteiger partial charge in [-0.3, -0.25) is 0 Å². The summed E-state index contributed by atoms with van der Waals surface area (Å²) in [6, 6.07) is 4.00. The third-order valence-electron chi connectivity index (χ3n) is 3.93. The SMILES string of the molecule is COc1c(Cl)cc(Cl)cc1OCCC1CCCN1C.O=C(O)C=CC(=O)O. The minimum absolute atomic E-state index is 0.475. The van der Waals surface area contributed by atoms with Crippen LogP contribution >= 0.6 is 23.2 Å². The summed E-state index contributed by atoms with van der Waals surface area (Å²) in [6.45, 7) is 1.82. The fourth-order valence-corrected chi connectivity index (χ4v) is 3.19. The molecule has 1 unspecified atom stereocenters. The molecule has 0 amide bonds. The van der Waals surface area contributed by atoms with Gasteiger partial charge < -0.3 is 24.6 Å². The number of hydrogen-bond donors (Lipinski definition) is 2. The number of likely N-dealkylation sites (tertiary alicyclic amines) is 1. The quantitative estimate of drug-likeness (QED) is 0.651. The van der Waals surface area contributed by atoms with E-state index in [4.69, 9.17) is 42.9 Å². The molecule has 0 spiro atoms. The Morgan fingerprint density at radius 2 is 1.89 bits per heavy atom. The number of carbonyl (C=O) groups is 2. The molecule has 2 N–H and O–H groups in total. The van der Waals surface area contributed by atoms with Gasteiger partial charge in [0.1, 0.15) is 0 Å². The Kier molecular flexibility index (Phi) is 9.99. The summed E-state index contributed by atoms with van der Waals surface area (Å²) in [5.74, 6) is -1.36. The Morgan fingerprint density at radius 3 is 2.37 bits per heavy atom. The number of aliphatic carboxylic acids is 2. The molecule has 1 aliphatic rings. The molecule has 1 atom stereocenters. The van der Waals surface area contributed by atoms with E-state index in [9.17, 15) is 9.59 Å². The molecule has 1 fully saturated rings. The van der Waals surface area contributed by atoms with Crippen molar-refractivity contribution in [1.29, 1.82) is 0 Å². The van der Waals surface area contributed by atoms with Crippen LogP contribution in [0.25, 0.3) is 0 Å². The Hall–Kier alpha value is -1.96. The van der Waals surface area contributed by atoms with Gasteiger partial charge in [0, 0.05) is 29.3 Å². The topological polar surface area (TPSA) is 96.3 Å². The number of hydrogen-bond acceptors (Lipinski definition) is 5. The molecule has 1 heterocycles. The van der Waals surface area contributed by atoms with Gasteiger partial charge in [-0.25, -0.2) is 9.59 Å². The molecule has 0 aromatic heterocycles. The third kappa shape index (κ3) is 8.51. The van der Waals surface area contributed by atoms with Crippen molar-refractivity contribution in [3.05, 3.63) is 34.3 Å². The van der Waals surface area contributed by atoms with E-state index in [-0.39, 0.29) is 0 Å². The summed E-state index contributed by atoms with van der Waals surface area (Å²) >= 11 is 12.0. The molecular formula is C18H23Cl2NO6. The molecule has 7 nitrogen and oxygen atoms in total.